The van der Waals surface area contributed by atoms with Gasteiger partial charge in [0.05, 0.1) is 11.0 Å². The quantitative estimate of drug-likeness (QED) is 0.404. The number of carbonyl (C=O) groups is 1. The Labute approximate surface area is 201 Å². The molecule has 1 amide bonds. The molecule has 5 rings (SSSR count). The minimum absolute atomic E-state index is 0.197. The van der Waals surface area contributed by atoms with Crippen molar-refractivity contribution in [2.24, 2.45) is 0 Å². The normalized spacial score (nSPS) is 11.2. The van der Waals surface area contributed by atoms with E-state index in [4.69, 9.17) is 4.74 Å². The maximum atomic E-state index is 13.4. The molecule has 2 aromatic heterocycles. The van der Waals surface area contributed by atoms with Gasteiger partial charge in [0.25, 0.3) is 5.88 Å². The van der Waals surface area contributed by atoms with Crippen LogP contribution in [0.1, 0.15) is 22.3 Å². The van der Waals surface area contributed by atoms with Crippen molar-refractivity contribution in [1.82, 2.24) is 19.2 Å². The molecule has 1 N–H and O–H groups in total. The number of carbonyl (C=O) groups excluding carboxylic acids is 1. The fourth-order valence-corrected chi connectivity index (χ4v) is 4.06. The van der Waals surface area contributed by atoms with Crippen molar-refractivity contribution >= 4 is 28.3 Å². The van der Waals surface area contributed by atoms with Crippen LogP contribution in [0.2, 0.25) is 0 Å². The van der Waals surface area contributed by atoms with Crippen molar-refractivity contribution in [3.63, 3.8) is 0 Å². The van der Waals surface area contributed by atoms with E-state index in [-0.39, 0.29) is 24.0 Å². The first-order valence-corrected chi connectivity index (χ1v) is 11.3. The zero-order chi connectivity index (χ0) is 24.7. The van der Waals surface area contributed by atoms with Crippen LogP contribution in [-0.2, 0) is 11.3 Å². The van der Waals surface area contributed by atoms with Gasteiger partial charge in [0, 0.05) is 5.69 Å². The van der Waals surface area contributed by atoms with E-state index in [1.807, 2.05) is 76.2 Å². The third-order valence-electron chi connectivity index (χ3n) is 6.09. The Morgan fingerprint density at radius 3 is 2.57 bits per heavy atom. The van der Waals surface area contributed by atoms with Crippen molar-refractivity contribution in [1.29, 1.82) is 0 Å². The zero-order valence-electron chi connectivity index (χ0n) is 20.0. The van der Waals surface area contributed by atoms with Gasteiger partial charge in [0.15, 0.2) is 0 Å². The molecule has 0 aliphatic rings. The second kappa shape index (κ2) is 8.72. The van der Waals surface area contributed by atoms with Gasteiger partial charge in [-0.05, 0) is 68.7 Å². The molecule has 35 heavy (non-hydrogen) atoms. The molecular formula is C27H25N5O3. The van der Waals surface area contributed by atoms with Gasteiger partial charge in [0.1, 0.15) is 12.3 Å². The third-order valence-corrected chi connectivity index (χ3v) is 6.09. The molecule has 176 valence electrons. The van der Waals surface area contributed by atoms with Crippen LogP contribution >= 0.6 is 0 Å². The van der Waals surface area contributed by atoms with Crippen LogP contribution in [0.15, 0.2) is 65.5 Å². The summed E-state index contributed by atoms with van der Waals surface area (Å²) in [7, 11) is 0. The van der Waals surface area contributed by atoms with E-state index in [1.165, 1.54) is 4.40 Å². The average molecular weight is 468 g/mol. The lowest BCUT2D eigenvalue weighted by molar-refractivity contribution is -0.117. The molecule has 0 unspecified atom stereocenters. The van der Waals surface area contributed by atoms with Gasteiger partial charge in [-0.15, -0.1) is 5.10 Å². The molecule has 0 fully saturated rings. The van der Waals surface area contributed by atoms with Gasteiger partial charge in [-0.2, -0.15) is 0 Å². The molecule has 0 atom stereocenters. The van der Waals surface area contributed by atoms with Gasteiger partial charge in [-0.1, -0.05) is 42.0 Å². The van der Waals surface area contributed by atoms with E-state index in [1.54, 1.807) is 12.1 Å². The van der Waals surface area contributed by atoms with E-state index in [9.17, 15) is 9.59 Å². The predicted octanol–water partition coefficient (Wildman–Crippen LogP) is 4.71. The number of fused-ring (bicyclic) bond motifs is 3. The molecule has 0 bridgehead atoms. The standard InChI is InChI=1S/C27H25N5O3/c1-16-12-13-20(18(3)14-16)28-24(33)15-31-27(34)32-22-10-6-5-9-21(22)29-26(25(32)30-31)35-23-11-7-8-17(2)19(23)4/h5-14H,15H2,1-4H3,(H,28,33). The van der Waals surface area contributed by atoms with Crippen LogP contribution in [0.25, 0.3) is 16.7 Å². The Morgan fingerprint density at radius 2 is 1.77 bits per heavy atom. The fraction of sp³-hybridized carbons (Fsp3) is 0.185. The van der Waals surface area contributed by atoms with E-state index < -0.39 is 5.69 Å². The predicted molar refractivity (Wildman–Crippen MR) is 135 cm³/mol. The highest BCUT2D eigenvalue weighted by Crippen LogP contribution is 2.29. The molecule has 8 heteroatoms. The first-order valence-electron chi connectivity index (χ1n) is 11.3. The SMILES string of the molecule is Cc1ccc(NC(=O)Cn2nc3c(Oc4cccc(C)c4C)nc4ccccc4n3c2=O)c(C)c1. The molecule has 0 saturated carbocycles. The number of hydrogen-bond donors (Lipinski definition) is 1. The van der Waals surface area contributed by atoms with Crippen LogP contribution < -0.4 is 15.7 Å². The van der Waals surface area contributed by atoms with Crippen molar-refractivity contribution < 1.29 is 9.53 Å². The molecule has 8 nitrogen and oxygen atoms in total. The molecule has 0 aliphatic carbocycles. The number of nitrogens with zero attached hydrogens (tertiary/aromatic N) is 4. The summed E-state index contributed by atoms with van der Waals surface area (Å²) in [6, 6.07) is 18.8. The number of amides is 1. The van der Waals surface area contributed by atoms with Crippen LogP contribution in [0, 0.1) is 27.7 Å². The average Bonchev–Trinajstić information content (AvgIpc) is 3.15. The number of para-hydroxylation sites is 2. The maximum absolute atomic E-state index is 13.4. The van der Waals surface area contributed by atoms with Crippen molar-refractivity contribution in [2.45, 2.75) is 34.2 Å². The summed E-state index contributed by atoms with van der Waals surface area (Å²) in [6.07, 6.45) is 0. The number of anilines is 1. The number of aromatic nitrogens is 4. The molecular weight excluding hydrogens is 442 g/mol. The first-order chi connectivity index (χ1) is 16.8. The summed E-state index contributed by atoms with van der Waals surface area (Å²) in [4.78, 5) is 30.8. The molecule has 0 spiro atoms. The zero-order valence-corrected chi connectivity index (χ0v) is 20.0. The maximum Gasteiger partial charge on any atom is 0.351 e. The molecule has 2 heterocycles. The van der Waals surface area contributed by atoms with Crippen molar-refractivity contribution in [3.05, 3.63) is 93.4 Å². The highest BCUT2D eigenvalue weighted by Gasteiger charge is 2.20. The molecule has 0 saturated heterocycles. The monoisotopic (exact) mass is 467 g/mol. The highest BCUT2D eigenvalue weighted by atomic mass is 16.5. The molecule has 5 aromatic rings. The summed E-state index contributed by atoms with van der Waals surface area (Å²) < 4.78 is 8.73. The Hall–Kier alpha value is -4.46. The second-order valence-electron chi connectivity index (χ2n) is 8.67. The largest absolute Gasteiger partial charge is 0.436 e. The van der Waals surface area contributed by atoms with Crippen LogP contribution in [0.5, 0.6) is 11.6 Å². The van der Waals surface area contributed by atoms with Gasteiger partial charge in [-0.3, -0.25) is 4.79 Å². The number of benzene rings is 3. The second-order valence-corrected chi connectivity index (χ2v) is 8.67. The Morgan fingerprint density at radius 1 is 0.971 bits per heavy atom. The topological polar surface area (TPSA) is 90.5 Å². The minimum atomic E-state index is -0.444. The van der Waals surface area contributed by atoms with Crippen LogP contribution in [0.4, 0.5) is 5.69 Å². The van der Waals surface area contributed by atoms with Crippen molar-refractivity contribution in [3.8, 4) is 11.6 Å². The summed E-state index contributed by atoms with van der Waals surface area (Å²) in [5.74, 6) is 0.476. The summed E-state index contributed by atoms with van der Waals surface area (Å²) in [5, 5.41) is 7.32. The molecule has 3 aromatic carbocycles. The smallest absolute Gasteiger partial charge is 0.351 e. The number of aryl methyl sites for hydroxylation is 3. The summed E-state index contributed by atoms with van der Waals surface area (Å²) >= 11 is 0. The van der Waals surface area contributed by atoms with Crippen LogP contribution in [-0.4, -0.2) is 25.1 Å². The van der Waals surface area contributed by atoms with E-state index in [2.05, 4.69) is 15.4 Å². The fourth-order valence-electron chi connectivity index (χ4n) is 4.06. The number of nitrogens with one attached hydrogen (secondary N) is 1. The summed E-state index contributed by atoms with van der Waals surface area (Å²) in [6.45, 7) is 7.63. The Bertz CT molecular complexity index is 1670. The van der Waals surface area contributed by atoms with E-state index in [0.29, 0.717) is 22.5 Å². The lowest BCUT2D eigenvalue weighted by atomic mass is 10.1. The third kappa shape index (κ3) is 4.14. The van der Waals surface area contributed by atoms with E-state index >= 15 is 0 Å². The molecule has 0 aliphatic heterocycles. The number of hydrogen-bond acceptors (Lipinski definition) is 5. The van der Waals surface area contributed by atoms with Gasteiger partial charge < -0.3 is 10.1 Å². The Kier molecular flexibility index (Phi) is 5.56. The minimum Gasteiger partial charge on any atom is -0.436 e. The molecule has 0 radical (unpaired) electrons. The first kappa shape index (κ1) is 22.3. The lowest BCUT2D eigenvalue weighted by Crippen LogP contribution is -2.28. The van der Waals surface area contributed by atoms with Gasteiger partial charge in [-0.25, -0.2) is 18.9 Å². The summed E-state index contributed by atoms with van der Waals surface area (Å²) in [5.41, 5.74) is 5.76. The highest BCUT2D eigenvalue weighted by molar-refractivity contribution is 5.91. The van der Waals surface area contributed by atoms with Crippen molar-refractivity contribution in [2.75, 3.05) is 5.32 Å². The van der Waals surface area contributed by atoms with Gasteiger partial charge in [0.2, 0.25) is 11.6 Å². The van der Waals surface area contributed by atoms with E-state index in [0.717, 1.165) is 26.9 Å². The lowest BCUT2D eigenvalue weighted by Gasteiger charge is -2.11. The van der Waals surface area contributed by atoms with Crippen LogP contribution in [0.3, 0.4) is 0 Å². The Balaban J connectivity index is 1.57. The number of ether oxygens (including phenoxy) is 1. The number of rotatable bonds is 5. The van der Waals surface area contributed by atoms with Gasteiger partial charge >= 0.3 is 5.69 Å².